The lowest BCUT2D eigenvalue weighted by atomic mass is 9.88. The zero-order valence-electron chi connectivity index (χ0n) is 12.6. The van der Waals surface area contributed by atoms with Gasteiger partial charge in [0.1, 0.15) is 11.4 Å². The van der Waals surface area contributed by atoms with Gasteiger partial charge in [0.25, 0.3) is 0 Å². The highest BCUT2D eigenvalue weighted by molar-refractivity contribution is 5.41. The third kappa shape index (κ3) is 3.03. The number of aliphatic hydroxyl groups is 1. The molecule has 0 radical (unpaired) electrons. The summed E-state index contributed by atoms with van der Waals surface area (Å²) in [6.07, 6.45) is -0.966. The predicted molar refractivity (Wildman–Crippen MR) is 77.8 cm³/mol. The Labute approximate surface area is 131 Å². The van der Waals surface area contributed by atoms with E-state index in [4.69, 9.17) is 0 Å². The van der Waals surface area contributed by atoms with Crippen molar-refractivity contribution in [3.05, 3.63) is 41.9 Å². The fraction of sp³-hybridized carbons (Fsp3) is 0.467. The van der Waals surface area contributed by atoms with Gasteiger partial charge in [0.05, 0.1) is 11.3 Å². The number of halogens is 3. The second-order valence-corrected chi connectivity index (χ2v) is 5.76. The van der Waals surface area contributed by atoms with E-state index in [1.165, 1.54) is 6.07 Å². The van der Waals surface area contributed by atoms with Gasteiger partial charge in [-0.05, 0) is 31.0 Å². The van der Waals surface area contributed by atoms with Crippen LogP contribution in [0, 0.1) is 0 Å². The first kappa shape index (κ1) is 15.8. The van der Waals surface area contributed by atoms with E-state index in [0.29, 0.717) is 31.7 Å². The molecule has 0 unspecified atom stereocenters. The van der Waals surface area contributed by atoms with E-state index in [1.807, 2.05) is 4.90 Å². The second-order valence-electron chi connectivity index (χ2n) is 5.76. The Balaban J connectivity index is 1.71. The first-order chi connectivity index (χ1) is 10.8. The van der Waals surface area contributed by atoms with Crippen LogP contribution in [0.25, 0.3) is 0 Å². The molecule has 1 saturated heterocycles. The highest BCUT2D eigenvalue weighted by Crippen LogP contribution is 2.34. The summed E-state index contributed by atoms with van der Waals surface area (Å²) in [6, 6.07) is 4.19. The zero-order chi connectivity index (χ0) is 16.7. The van der Waals surface area contributed by atoms with E-state index in [-0.39, 0.29) is 0 Å². The highest BCUT2D eigenvalue weighted by atomic mass is 19.4. The molecule has 0 aliphatic carbocycles. The van der Waals surface area contributed by atoms with Crippen molar-refractivity contribution < 1.29 is 18.3 Å². The van der Waals surface area contributed by atoms with Gasteiger partial charge in [0.15, 0.2) is 0 Å². The lowest BCUT2D eigenvalue weighted by Crippen LogP contribution is -2.43. The molecule has 2 aromatic rings. The largest absolute Gasteiger partial charge is 0.417 e. The van der Waals surface area contributed by atoms with Crippen molar-refractivity contribution in [1.29, 1.82) is 0 Å². The molecule has 23 heavy (non-hydrogen) atoms. The second kappa shape index (κ2) is 5.52. The van der Waals surface area contributed by atoms with E-state index in [0.717, 1.165) is 18.0 Å². The molecule has 124 valence electrons. The van der Waals surface area contributed by atoms with Crippen molar-refractivity contribution in [3.8, 4) is 0 Å². The molecule has 5 nitrogen and oxygen atoms in total. The third-order valence-corrected chi connectivity index (χ3v) is 4.29. The predicted octanol–water partition coefficient (Wildman–Crippen LogP) is 2.32. The van der Waals surface area contributed by atoms with Crippen LogP contribution in [-0.4, -0.2) is 33.0 Å². The summed E-state index contributed by atoms with van der Waals surface area (Å²) in [6.45, 7) is 1.03. The van der Waals surface area contributed by atoms with Gasteiger partial charge in [-0.1, -0.05) is 0 Å². The maximum absolute atomic E-state index is 12.6. The van der Waals surface area contributed by atoms with Gasteiger partial charge in [0, 0.05) is 32.5 Å². The average Bonchev–Trinajstić information content (AvgIpc) is 2.94. The number of hydrogen-bond acceptors (Lipinski definition) is 4. The Kier molecular flexibility index (Phi) is 3.79. The van der Waals surface area contributed by atoms with E-state index in [9.17, 15) is 18.3 Å². The number of anilines is 1. The van der Waals surface area contributed by atoms with Crippen LogP contribution >= 0.6 is 0 Å². The first-order valence-corrected chi connectivity index (χ1v) is 7.29. The zero-order valence-corrected chi connectivity index (χ0v) is 12.6. The van der Waals surface area contributed by atoms with Gasteiger partial charge in [-0.3, -0.25) is 4.68 Å². The third-order valence-electron chi connectivity index (χ3n) is 4.29. The molecule has 0 bridgehead atoms. The monoisotopic (exact) mass is 326 g/mol. The number of alkyl halides is 3. The van der Waals surface area contributed by atoms with Gasteiger partial charge in [-0.25, -0.2) is 4.98 Å². The standard InChI is InChI=1S/C15H17F3N4O/c1-21-12(4-7-20-21)14(23)5-8-22(9-6-14)13-3-2-11(10-19-13)15(16,17)18/h2-4,7,10,23H,5-6,8-9H2,1H3. The van der Waals surface area contributed by atoms with Crippen molar-refractivity contribution in [2.24, 2.45) is 7.05 Å². The maximum Gasteiger partial charge on any atom is 0.417 e. The van der Waals surface area contributed by atoms with Gasteiger partial charge in [-0.2, -0.15) is 18.3 Å². The molecule has 8 heteroatoms. The van der Waals surface area contributed by atoms with Crippen LogP contribution < -0.4 is 4.90 Å². The molecule has 0 aromatic carbocycles. The van der Waals surface area contributed by atoms with Crippen LogP contribution in [0.2, 0.25) is 0 Å². The summed E-state index contributed by atoms with van der Waals surface area (Å²) in [5, 5.41) is 14.8. The number of piperidine rings is 1. The lowest BCUT2D eigenvalue weighted by molar-refractivity contribution is -0.137. The van der Waals surface area contributed by atoms with Crippen molar-refractivity contribution in [1.82, 2.24) is 14.8 Å². The molecule has 3 rings (SSSR count). The summed E-state index contributed by atoms with van der Waals surface area (Å²) in [7, 11) is 1.77. The van der Waals surface area contributed by atoms with Crippen LogP contribution in [0.5, 0.6) is 0 Å². The number of rotatable bonds is 2. The van der Waals surface area contributed by atoms with E-state index in [2.05, 4.69) is 10.1 Å². The fourth-order valence-corrected chi connectivity index (χ4v) is 2.93. The van der Waals surface area contributed by atoms with Gasteiger partial charge >= 0.3 is 6.18 Å². The summed E-state index contributed by atoms with van der Waals surface area (Å²) in [5.41, 5.74) is -0.976. The molecular formula is C15H17F3N4O. The van der Waals surface area contributed by atoms with E-state index in [1.54, 1.807) is 24.0 Å². The SMILES string of the molecule is Cn1nccc1C1(O)CCN(c2ccc(C(F)(F)F)cn2)CC1. The Hall–Kier alpha value is -2.09. The van der Waals surface area contributed by atoms with Gasteiger partial charge in [0.2, 0.25) is 0 Å². The summed E-state index contributed by atoms with van der Waals surface area (Å²) >= 11 is 0. The maximum atomic E-state index is 12.6. The quantitative estimate of drug-likeness (QED) is 0.920. The van der Waals surface area contributed by atoms with E-state index >= 15 is 0 Å². The van der Waals surface area contributed by atoms with E-state index < -0.39 is 17.3 Å². The minimum atomic E-state index is -4.38. The molecule has 1 N–H and O–H groups in total. The number of aromatic nitrogens is 3. The molecule has 1 aliphatic heterocycles. The first-order valence-electron chi connectivity index (χ1n) is 7.29. The average molecular weight is 326 g/mol. The molecule has 0 amide bonds. The molecule has 2 aromatic heterocycles. The summed E-state index contributed by atoms with van der Waals surface area (Å²) < 4.78 is 39.3. The van der Waals surface area contributed by atoms with Crippen LogP contribution in [-0.2, 0) is 18.8 Å². The van der Waals surface area contributed by atoms with Crippen LogP contribution in [0.3, 0.4) is 0 Å². The Morgan fingerprint density at radius 1 is 1.17 bits per heavy atom. The van der Waals surface area contributed by atoms with Crippen LogP contribution in [0.4, 0.5) is 19.0 Å². The molecule has 1 fully saturated rings. The van der Waals surface area contributed by atoms with Gasteiger partial charge in [-0.15, -0.1) is 0 Å². The van der Waals surface area contributed by atoms with Crippen LogP contribution in [0.1, 0.15) is 24.1 Å². The van der Waals surface area contributed by atoms with Crippen molar-refractivity contribution >= 4 is 5.82 Å². The number of pyridine rings is 1. The number of aryl methyl sites for hydroxylation is 1. The van der Waals surface area contributed by atoms with Crippen LogP contribution in [0.15, 0.2) is 30.6 Å². The summed E-state index contributed by atoms with van der Waals surface area (Å²) in [4.78, 5) is 5.78. The molecule has 0 saturated carbocycles. The van der Waals surface area contributed by atoms with Crippen molar-refractivity contribution in [2.75, 3.05) is 18.0 Å². The Bertz CT molecular complexity index is 673. The highest BCUT2D eigenvalue weighted by Gasteiger charge is 2.37. The number of nitrogens with zero attached hydrogens (tertiary/aromatic N) is 4. The fourth-order valence-electron chi connectivity index (χ4n) is 2.93. The van der Waals surface area contributed by atoms with Crippen molar-refractivity contribution in [2.45, 2.75) is 24.6 Å². The molecule has 0 atom stereocenters. The summed E-state index contributed by atoms with van der Waals surface area (Å²) in [5.74, 6) is 0.491. The minimum Gasteiger partial charge on any atom is -0.383 e. The molecule has 1 aliphatic rings. The molecular weight excluding hydrogens is 309 g/mol. The Morgan fingerprint density at radius 3 is 2.35 bits per heavy atom. The number of hydrogen-bond donors (Lipinski definition) is 1. The van der Waals surface area contributed by atoms with Gasteiger partial charge < -0.3 is 10.0 Å². The Morgan fingerprint density at radius 2 is 1.87 bits per heavy atom. The molecule has 0 spiro atoms. The lowest BCUT2D eigenvalue weighted by Gasteiger charge is -2.38. The minimum absolute atomic E-state index is 0.467. The van der Waals surface area contributed by atoms with Crippen molar-refractivity contribution in [3.63, 3.8) is 0 Å². The smallest absolute Gasteiger partial charge is 0.383 e. The normalized spacial score (nSPS) is 18.2. The topological polar surface area (TPSA) is 54.2 Å². The molecule has 3 heterocycles.